The normalized spacial score (nSPS) is 16.2. The molecule has 0 radical (unpaired) electrons. The number of esters is 1. The van der Waals surface area contributed by atoms with Crippen LogP contribution in [0.2, 0.25) is 0 Å². The average Bonchev–Trinajstić information content (AvgIpc) is 2.60. The molecule has 1 N–H and O–H groups in total. The molecule has 1 aliphatic rings. The first-order valence-corrected chi connectivity index (χ1v) is 9.58. The Morgan fingerprint density at radius 3 is 2.35 bits per heavy atom. The van der Waals surface area contributed by atoms with Crippen molar-refractivity contribution in [2.75, 3.05) is 6.61 Å². The Balaban J connectivity index is 1.55. The Kier molecular flexibility index (Phi) is 5.77. The van der Waals surface area contributed by atoms with Crippen LogP contribution >= 0.6 is 15.9 Å². The lowest BCUT2D eigenvalue weighted by Crippen LogP contribution is -2.45. The van der Waals surface area contributed by atoms with E-state index in [1.54, 1.807) is 0 Å². The first-order valence-electron chi connectivity index (χ1n) is 8.79. The number of carbonyl (C=O) groups excluding carboxylic acids is 2. The van der Waals surface area contributed by atoms with Gasteiger partial charge >= 0.3 is 5.97 Å². The van der Waals surface area contributed by atoms with E-state index in [1.807, 2.05) is 61.5 Å². The van der Waals surface area contributed by atoms with E-state index in [9.17, 15) is 9.59 Å². The highest BCUT2D eigenvalue weighted by Crippen LogP contribution is 2.44. The minimum Gasteiger partial charge on any atom is -0.455 e. The Bertz CT molecular complexity index is 770. The van der Waals surface area contributed by atoms with E-state index < -0.39 is 5.41 Å². The van der Waals surface area contributed by atoms with Crippen molar-refractivity contribution >= 4 is 27.8 Å². The number of amides is 1. The highest BCUT2D eigenvalue weighted by atomic mass is 79.9. The number of hydrogen-bond donors (Lipinski definition) is 1. The van der Waals surface area contributed by atoms with Gasteiger partial charge in [-0.05, 0) is 43.0 Å². The molecular formula is C21H22BrNO3. The minimum atomic E-state index is -0.584. The molecule has 0 heterocycles. The lowest BCUT2D eigenvalue weighted by molar-refractivity contribution is -0.157. The number of benzene rings is 2. The Morgan fingerprint density at radius 1 is 1.12 bits per heavy atom. The van der Waals surface area contributed by atoms with Crippen LogP contribution in [-0.2, 0) is 19.7 Å². The number of halogens is 1. The fraction of sp³-hybridized carbons (Fsp3) is 0.333. The van der Waals surface area contributed by atoms with Crippen LogP contribution in [0.15, 0.2) is 59.1 Å². The van der Waals surface area contributed by atoms with Crippen LogP contribution in [0, 0.1) is 0 Å². The zero-order valence-corrected chi connectivity index (χ0v) is 16.3. The zero-order chi connectivity index (χ0) is 18.6. The monoisotopic (exact) mass is 415 g/mol. The van der Waals surface area contributed by atoms with Crippen molar-refractivity contribution in [3.63, 3.8) is 0 Å². The molecule has 0 saturated heterocycles. The number of ether oxygens (including phenoxy) is 1. The van der Waals surface area contributed by atoms with Crippen molar-refractivity contribution in [1.29, 1.82) is 0 Å². The van der Waals surface area contributed by atoms with Crippen LogP contribution in [-0.4, -0.2) is 18.5 Å². The van der Waals surface area contributed by atoms with Crippen molar-refractivity contribution in [3.05, 3.63) is 70.2 Å². The molecule has 1 fully saturated rings. The highest BCUT2D eigenvalue weighted by Gasteiger charge is 2.47. The molecule has 0 bridgehead atoms. The maximum Gasteiger partial charge on any atom is 0.317 e. The maximum absolute atomic E-state index is 12.6. The van der Waals surface area contributed by atoms with Gasteiger partial charge in [0.2, 0.25) is 0 Å². The van der Waals surface area contributed by atoms with Crippen LogP contribution < -0.4 is 5.32 Å². The quantitative estimate of drug-likeness (QED) is 0.715. The van der Waals surface area contributed by atoms with Gasteiger partial charge in [0.05, 0.1) is 11.5 Å². The highest BCUT2D eigenvalue weighted by molar-refractivity contribution is 9.10. The first-order chi connectivity index (χ1) is 12.5. The molecule has 1 aliphatic carbocycles. The van der Waals surface area contributed by atoms with Gasteiger partial charge in [0.1, 0.15) is 0 Å². The summed E-state index contributed by atoms with van der Waals surface area (Å²) in [7, 11) is 0. The zero-order valence-electron chi connectivity index (χ0n) is 14.7. The van der Waals surface area contributed by atoms with Crippen molar-refractivity contribution < 1.29 is 14.3 Å². The number of nitrogens with one attached hydrogen (secondary N) is 1. The summed E-state index contributed by atoms with van der Waals surface area (Å²) in [6.45, 7) is 1.65. The predicted molar refractivity (Wildman–Crippen MR) is 104 cm³/mol. The lowest BCUT2D eigenvalue weighted by Gasteiger charge is -2.39. The second-order valence-electron chi connectivity index (χ2n) is 6.72. The van der Waals surface area contributed by atoms with Gasteiger partial charge in [-0.25, -0.2) is 0 Å². The molecule has 136 valence electrons. The molecular weight excluding hydrogens is 394 g/mol. The third-order valence-electron chi connectivity index (χ3n) is 5.01. The summed E-state index contributed by atoms with van der Waals surface area (Å²) in [6.07, 6.45) is 2.54. The molecule has 1 amide bonds. The number of hydrogen-bond acceptors (Lipinski definition) is 3. The molecule has 5 heteroatoms. The Hall–Kier alpha value is -2.14. The predicted octanol–water partition coefficient (Wildman–Crippen LogP) is 4.29. The summed E-state index contributed by atoms with van der Waals surface area (Å²) in [5.74, 6) is -0.599. The molecule has 0 aliphatic heterocycles. The van der Waals surface area contributed by atoms with E-state index in [1.165, 1.54) is 0 Å². The minimum absolute atomic E-state index is 0.152. The molecule has 2 aromatic carbocycles. The summed E-state index contributed by atoms with van der Waals surface area (Å²) in [5.41, 5.74) is 1.38. The van der Waals surface area contributed by atoms with Gasteiger partial charge in [0.25, 0.3) is 5.91 Å². The Morgan fingerprint density at radius 2 is 1.77 bits per heavy atom. The molecule has 26 heavy (non-hydrogen) atoms. The van der Waals surface area contributed by atoms with E-state index in [0.29, 0.717) is 0 Å². The lowest BCUT2D eigenvalue weighted by atomic mass is 9.64. The summed E-state index contributed by atoms with van der Waals surface area (Å²) < 4.78 is 6.35. The van der Waals surface area contributed by atoms with E-state index in [0.717, 1.165) is 34.9 Å². The van der Waals surface area contributed by atoms with Crippen LogP contribution in [0.1, 0.15) is 43.4 Å². The molecule has 3 rings (SSSR count). The first kappa shape index (κ1) is 18.6. The second-order valence-corrected chi connectivity index (χ2v) is 7.63. The summed E-state index contributed by atoms with van der Waals surface area (Å²) >= 11 is 3.39. The van der Waals surface area contributed by atoms with Crippen LogP contribution in [0.25, 0.3) is 0 Å². The third kappa shape index (κ3) is 3.98. The standard InChI is InChI=1S/C21H22BrNO3/c1-15(16-8-10-18(22)11-9-16)23-19(24)14-26-20(25)21(12-5-13-21)17-6-3-2-4-7-17/h2-4,6-11,15H,5,12-14H2,1H3,(H,23,24). The molecule has 1 saturated carbocycles. The molecule has 1 atom stereocenters. The molecule has 0 aromatic heterocycles. The number of carbonyl (C=O) groups is 2. The van der Waals surface area contributed by atoms with Crippen molar-refractivity contribution in [2.45, 2.75) is 37.6 Å². The summed E-state index contributed by atoms with van der Waals surface area (Å²) in [6, 6.07) is 17.3. The van der Waals surface area contributed by atoms with Crippen molar-refractivity contribution in [3.8, 4) is 0 Å². The molecule has 2 aromatic rings. The summed E-state index contributed by atoms with van der Waals surface area (Å²) in [4.78, 5) is 24.8. The van der Waals surface area contributed by atoms with Crippen LogP contribution in [0.4, 0.5) is 0 Å². The van der Waals surface area contributed by atoms with E-state index in [-0.39, 0.29) is 24.5 Å². The van der Waals surface area contributed by atoms with E-state index in [4.69, 9.17) is 4.74 Å². The largest absolute Gasteiger partial charge is 0.455 e. The van der Waals surface area contributed by atoms with Crippen molar-refractivity contribution in [1.82, 2.24) is 5.32 Å². The molecule has 4 nitrogen and oxygen atoms in total. The number of rotatable bonds is 6. The molecule has 1 unspecified atom stereocenters. The van der Waals surface area contributed by atoms with Gasteiger partial charge in [-0.15, -0.1) is 0 Å². The van der Waals surface area contributed by atoms with Crippen LogP contribution in [0.5, 0.6) is 0 Å². The van der Waals surface area contributed by atoms with E-state index >= 15 is 0 Å². The van der Waals surface area contributed by atoms with Gasteiger partial charge in [-0.2, -0.15) is 0 Å². The van der Waals surface area contributed by atoms with E-state index in [2.05, 4.69) is 21.2 Å². The fourth-order valence-electron chi connectivity index (χ4n) is 3.29. The molecule has 0 spiro atoms. The third-order valence-corrected chi connectivity index (χ3v) is 5.53. The maximum atomic E-state index is 12.6. The van der Waals surface area contributed by atoms with Gasteiger partial charge in [-0.3, -0.25) is 9.59 Å². The Labute approximate surface area is 162 Å². The van der Waals surface area contributed by atoms with Gasteiger partial charge in [0.15, 0.2) is 6.61 Å². The topological polar surface area (TPSA) is 55.4 Å². The second kappa shape index (κ2) is 8.04. The van der Waals surface area contributed by atoms with Gasteiger partial charge in [0, 0.05) is 4.47 Å². The SMILES string of the molecule is CC(NC(=O)COC(=O)C1(c2ccccc2)CCC1)c1ccc(Br)cc1. The van der Waals surface area contributed by atoms with Gasteiger partial charge in [-0.1, -0.05) is 64.8 Å². The van der Waals surface area contributed by atoms with Gasteiger partial charge < -0.3 is 10.1 Å². The van der Waals surface area contributed by atoms with Crippen molar-refractivity contribution in [2.24, 2.45) is 0 Å². The fourth-order valence-corrected chi connectivity index (χ4v) is 3.55. The van der Waals surface area contributed by atoms with Crippen LogP contribution in [0.3, 0.4) is 0 Å². The summed E-state index contributed by atoms with van der Waals surface area (Å²) in [5, 5.41) is 2.87. The smallest absolute Gasteiger partial charge is 0.317 e. The average molecular weight is 416 g/mol.